The zero-order valence-corrected chi connectivity index (χ0v) is 18.1. The number of pyridine rings is 1. The van der Waals surface area contributed by atoms with Crippen LogP contribution in [0.4, 0.5) is 10.2 Å². The molecule has 0 radical (unpaired) electrons. The molecule has 7 nitrogen and oxygen atoms in total. The number of likely N-dealkylation sites (tertiary alicyclic amines) is 1. The minimum absolute atomic E-state index is 0.0327. The highest BCUT2D eigenvalue weighted by molar-refractivity contribution is 6.04. The summed E-state index contributed by atoms with van der Waals surface area (Å²) in [7, 11) is 1.80. The van der Waals surface area contributed by atoms with Crippen molar-refractivity contribution in [1.29, 1.82) is 0 Å². The number of nitrogens with one attached hydrogen (secondary N) is 2. The van der Waals surface area contributed by atoms with Gasteiger partial charge in [-0.2, -0.15) is 5.10 Å². The molecule has 1 aromatic carbocycles. The van der Waals surface area contributed by atoms with Crippen molar-refractivity contribution in [3.8, 4) is 11.1 Å². The van der Waals surface area contributed by atoms with E-state index in [0.29, 0.717) is 17.4 Å². The molecule has 8 heteroatoms. The Bertz CT molecular complexity index is 1290. The first-order valence-electron chi connectivity index (χ1n) is 10.8. The average Bonchev–Trinajstić information content (AvgIpc) is 3.48. The van der Waals surface area contributed by atoms with Crippen LogP contribution in [-0.2, 0) is 13.6 Å². The largest absolute Gasteiger partial charge is 0.357 e. The first-order chi connectivity index (χ1) is 15.5. The molecular formula is C24H25FN6O. The Morgan fingerprint density at radius 1 is 1.25 bits per heavy atom. The van der Waals surface area contributed by atoms with Crippen LogP contribution in [0.1, 0.15) is 35.8 Å². The molecule has 0 unspecified atom stereocenters. The van der Waals surface area contributed by atoms with E-state index in [4.69, 9.17) is 0 Å². The third-order valence-electron chi connectivity index (χ3n) is 6.12. The highest BCUT2D eigenvalue weighted by Gasteiger charge is 2.21. The number of aromatic nitrogens is 4. The standard InChI is InChI=1S/C24H25FN6O/c1-15-4-3-7-31(15)14-19-8-17-11-26-23(10-22(17)28-19)29-24(32)20-6-5-16(9-21(20)25)18-12-27-30(2)13-18/h5-6,8-13,15,28H,3-4,7,14H2,1-2H3,(H,26,29,32)/t15-/m0/s1. The molecule has 1 aliphatic heterocycles. The third-order valence-corrected chi connectivity index (χ3v) is 6.12. The second kappa shape index (κ2) is 8.20. The number of benzene rings is 1. The Morgan fingerprint density at radius 2 is 2.12 bits per heavy atom. The summed E-state index contributed by atoms with van der Waals surface area (Å²) in [5, 5.41) is 7.79. The molecule has 5 rings (SSSR count). The van der Waals surface area contributed by atoms with Crippen LogP contribution < -0.4 is 5.32 Å². The number of aryl methyl sites for hydroxylation is 1. The van der Waals surface area contributed by atoms with E-state index < -0.39 is 11.7 Å². The van der Waals surface area contributed by atoms with Gasteiger partial charge in [-0.25, -0.2) is 9.37 Å². The van der Waals surface area contributed by atoms with Crippen LogP contribution in [0.15, 0.2) is 48.9 Å². The number of fused-ring (bicyclic) bond motifs is 1. The van der Waals surface area contributed by atoms with Crippen molar-refractivity contribution in [3.63, 3.8) is 0 Å². The molecule has 1 aliphatic rings. The van der Waals surface area contributed by atoms with Gasteiger partial charge in [-0.05, 0) is 50.1 Å². The molecule has 1 fully saturated rings. The summed E-state index contributed by atoms with van der Waals surface area (Å²) in [6.07, 6.45) is 7.64. The lowest BCUT2D eigenvalue weighted by atomic mass is 10.1. The van der Waals surface area contributed by atoms with Crippen molar-refractivity contribution in [3.05, 3.63) is 66.0 Å². The molecule has 4 heterocycles. The molecule has 164 valence electrons. The zero-order valence-electron chi connectivity index (χ0n) is 18.1. The van der Waals surface area contributed by atoms with Gasteiger partial charge in [0.1, 0.15) is 11.6 Å². The number of hydrogen-bond donors (Lipinski definition) is 2. The Morgan fingerprint density at radius 3 is 2.84 bits per heavy atom. The number of carbonyl (C=O) groups excluding carboxylic acids is 1. The molecule has 32 heavy (non-hydrogen) atoms. The molecule has 3 aromatic heterocycles. The van der Waals surface area contributed by atoms with Gasteiger partial charge in [-0.15, -0.1) is 0 Å². The first-order valence-corrected chi connectivity index (χ1v) is 10.8. The van der Waals surface area contributed by atoms with E-state index in [1.54, 1.807) is 42.5 Å². The maximum absolute atomic E-state index is 14.7. The molecule has 1 amide bonds. The number of aromatic amines is 1. The minimum Gasteiger partial charge on any atom is -0.357 e. The Balaban J connectivity index is 1.32. The SMILES string of the molecule is C[C@H]1CCCN1Cc1cc2cnc(NC(=O)c3ccc(-c4cnn(C)c4)cc3F)cc2[nH]1. The predicted molar refractivity (Wildman–Crippen MR) is 122 cm³/mol. The molecule has 0 bridgehead atoms. The van der Waals surface area contributed by atoms with E-state index >= 15 is 0 Å². The lowest BCUT2D eigenvalue weighted by Gasteiger charge is -2.19. The van der Waals surface area contributed by atoms with Gasteiger partial charge in [0.2, 0.25) is 0 Å². The summed E-state index contributed by atoms with van der Waals surface area (Å²) < 4.78 is 16.3. The van der Waals surface area contributed by atoms with E-state index in [0.717, 1.165) is 35.2 Å². The molecule has 4 aromatic rings. The maximum atomic E-state index is 14.7. The summed E-state index contributed by atoms with van der Waals surface area (Å²) >= 11 is 0. The lowest BCUT2D eigenvalue weighted by molar-refractivity contribution is 0.102. The van der Waals surface area contributed by atoms with E-state index in [1.165, 1.54) is 25.0 Å². The summed E-state index contributed by atoms with van der Waals surface area (Å²) in [5.74, 6) is -0.752. The Kier molecular flexibility index (Phi) is 5.22. The molecule has 0 saturated carbocycles. The van der Waals surface area contributed by atoms with Gasteiger partial charge >= 0.3 is 0 Å². The zero-order chi connectivity index (χ0) is 22.2. The number of hydrogen-bond acceptors (Lipinski definition) is 4. The molecule has 1 saturated heterocycles. The van der Waals surface area contributed by atoms with E-state index in [2.05, 4.69) is 38.3 Å². The fourth-order valence-corrected chi connectivity index (χ4v) is 4.32. The number of carbonyl (C=O) groups is 1. The van der Waals surface area contributed by atoms with E-state index in [9.17, 15) is 9.18 Å². The predicted octanol–water partition coefficient (Wildman–Crippen LogP) is 4.34. The van der Waals surface area contributed by atoms with E-state index in [1.807, 2.05) is 0 Å². The maximum Gasteiger partial charge on any atom is 0.259 e. The second-order valence-corrected chi connectivity index (χ2v) is 8.46. The summed E-state index contributed by atoms with van der Waals surface area (Å²) in [4.78, 5) is 22.9. The van der Waals surface area contributed by atoms with Crippen LogP contribution in [0.25, 0.3) is 22.0 Å². The van der Waals surface area contributed by atoms with Gasteiger partial charge in [-0.3, -0.25) is 14.4 Å². The first kappa shape index (κ1) is 20.4. The molecule has 2 N–H and O–H groups in total. The summed E-state index contributed by atoms with van der Waals surface area (Å²) in [6.45, 7) is 4.24. The van der Waals surface area contributed by atoms with Crippen LogP contribution in [0, 0.1) is 5.82 Å². The average molecular weight is 433 g/mol. The van der Waals surface area contributed by atoms with Crippen molar-refractivity contribution < 1.29 is 9.18 Å². The van der Waals surface area contributed by atoms with Crippen molar-refractivity contribution in [2.24, 2.45) is 7.05 Å². The quantitative estimate of drug-likeness (QED) is 0.492. The molecule has 0 aliphatic carbocycles. The van der Waals surface area contributed by atoms with Crippen LogP contribution >= 0.6 is 0 Å². The van der Waals surface area contributed by atoms with Crippen LogP contribution in [-0.4, -0.2) is 43.1 Å². The van der Waals surface area contributed by atoms with Crippen molar-refractivity contribution in [2.75, 3.05) is 11.9 Å². The highest BCUT2D eigenvalue weighted by Crippen LogP contribution is 2.24. The monoisotopic (exact) mass is 432 g/mol. The number of anilines is 1. The van der Waals surface area contributed by atoms with Crippen molar-refractivity contribution >= 4 is 22.6 Å². The van der Waals surface area contributed by atoms with Crippen molar-refractivity contribution in [1.82, 2.24) is 24.6 Å². The lowest BCUT2D eigenvalue weighted by Crippen LogP contribution is -2.26. The summed E-state index contributed by atoms with van der Waals surface area (Å²) in [5.41, 5.74) is 3.43. The number of nitrogens with zero attached hydrogens (tertiary/aromatic N) is 4. The number of rotatable bonds is 5. The molecule has 0 spiro atoms. The Labute approximate surface area is 185 Å². The van der Waals surface area contributed by atoms with Gasteiger partial charge in [0.15, 0.2) is 0 Å². The second-order valence-electron chi connectivity index (χ2n) is 8.46. The topological polar surface area (TPSA) is 78.8 Å². The molecular weight excluding hydrogens is 407 g/mol. The number of amides is 1. The fourth-order valence-electron chi connectivity index (χ4n) is 4.32. The van der Waals surface area contributed by atoms with Gasteiger partial charge < -0.3 is 10.3 Å². The van der Waals surface area contributed by atoms with E-state index in [-0.39, 0.29) is 5.56 Å². The summed E-state index contributed by atoms with van der Waals surface area (Å²) in [6, 6.07) is 9.01. The minimum atomic E-state index is -0.591. The van der Waals surface area contributed by atoms with Crippen LogP contribution in [0.2, 0.25) is 0 Å². The van der Waals surface area contributed by atoms with Gasteiger partial charge in [0, 0.05) is 54.7 Å². The number of H-pyrrole nitrogens is 1. The Hall–Kier alpha value is -3.52. The highest BCUT2D eigenvalue weighted by atomic mass is 19.1. The van der Waals surface area contributed by atoms with Gasteiger partial charge in [0.25, 0.3) is 5.91 Å². The normalized spacial score (nSPS) is 16.7. The van der Waals surface area contributed by atoms with Crippen LogP contribution in [0.3, 0.4) is 0 Å². The van der Waals surface area contributed by atoms with Crippen LogP contribution in [0.5, 0.6) is 0 Å². The number of halogens is 1. The van der Waals surface area contributed by atoms with Crippen molar-refractivity contribution in [2.45, 2.75) is 32.4 Å². The smallest absolute Gasteiger partial charge is 0.259 e. The fraction of sp³-hybridized carbons (Fsp3) is 0.292. The molecule has 1 atom stereocenters. The van der Waals surface area contributed by atoms with Gasteiger partial charge in [0.05, 0.1) is 17.3 Å². The third kappa shape index (κ3) is 4.01. The van der Waals surface area contributed by atoms with Gasteiger partial charge in [-0.1, -0.05) is 6.07 Å².